The number of rotatable bonds is 12. The van der Waals surface area contributed by atoms with E-state index in [1.54, 1.807) is 6.92 Å². The zero-order chi connectivity index (χ0) is 23.2. The fourth-order valence-corrected chi connectivity index (χ4v) is 5.52. The van der Waals surface area contributed by atoms with E-state index in [1.165, 1.54) is 63.5 Å². The summed E-state index contributed by atoms with van der Waals surface area (Å²) in [6.07, 6.45) is 13.4. The number of ether oxygens (including phenoxy) is 2. The van der Waals surface area contributed by atoms with Gasteiger partial charge in [-0.3, -0.25) is 0 Å². The Hall–Kier alpha value is -1.91. The Balaban J connectivity index is 1.55. The molecule has 0 amide bonds. The van der Waals surface area contributed by atoms with Crippen LogP contribution in [-0.4, -0.2) is 19.2 Å². The van der Waals surface area contributed by atoms with E-state index in [-0.39, 0.29) is 24.4 Å². The molecule has 3 fully saturated rings. The predicted molar refractivity (Wildman–Crippen MR) is 123 cm³/mol. The average Bonchev–Trinajstić information content (AvgIpc) is 2.79. The standard InChI is InChI=1S/C27H38F2O3/c1-4-5-6-7-9-26-10-13-27(14-11-26,15-12-26)21-18-22(28)24(23(29)19-21)31-16-8-17-32-25(30)20(2)3/h18-19H,2,4-17H2,1,3H3. The molecule has 0 aliphatic heterocycles. The topological polar surface area (TPSA) is 35.5 Å². The van der Waals surface area contributed by atoms with Gasteiger partial charge in [-0.05, 0) is 80.4 Å². The summed E-state index contributed by atoms with van der Waals surface area (Å²) in [6, 6.07) is 2.97. The average molecular weight is 449 g/mol. The monoisotopic (exact) mass is 448 g/mol. The van der Waals surface area contributed by atoms with E-state index in [0.717, 1.165) is 24.8 Å². The molecule has 2 bridgehead atoms. The fourth-order valence-electron chi connectivity index (χ4n) is 5.52. The highest BCUT2D eigenvalue weighted by Crippen LogP contribution is 2.59. The molecule has 0 atom stereocenters. The maximum absolute atomic E-state index is 14.8. The van der Waals surface area contributed by atoms with Crippen LogP contribution < -0.4 is 4.74 Å². The summed E-state index contributed by atoms with van der Waals surface area (Å²) in [5.41, 5.74) is 1.47. The highest BCUT2D eigenvalue weighted by molar-refractivity contribution is 5.86. The van der Waals surface area contributed by atoms with Crippen molar-refractivity contribution in [2.75, 3.05) is 13.2 Å². The molecule has 0 N–H and O–H groups in total. The van der Waals surface area contributed by atoms with Gasteiger partial charge in [-0.25, -0.2) is 13.6 Å². The molecule has 32 heavy (non-hydrogen) atoms. The van der Waals surface area contributed by atoms with E-state index >= 15 is 0 Å². The minimum Gasteiger partial charge on any atom is -0.487 e. The molecule has 3 saturated carbocycles. The molecule has 0 heterocycles. The number of unbranched alkanes of at least 4 members (excludes halogenated alkanes) is 3. The van der Waals surface area contributed by atoms with Crippen molar-refractivity contribution in [1.29, 1.82) is 0 Å². The van der Waals surface area contributed by atoms with Crippen LogP contribution in [0.25, 0.3) is 0 Å². The summed E-state index contributed by atoms with van der Waals surface area (Å²) in [5, 5.41) is 0. The Kier molecular flexibility index (Phi) is 8.35. The molecule has 178 valence electrons. The van der Waals surface area contributed by atoms with E-state index in [1.807, 2.05) is 0 Å². The molecule has 0 saturated heterocycles. The first-order valence-electron chi connectivity index (χ1n) is 12.3. The van der Waals surface area contributed by atoms with Gasteiger partial charge in [0, 0.05) is 12.0 Å². The van der Waals surface area contributed by atoms with Gasteiger partial charge in [0.1, 0.15) is 0 Å². The first-order chi connectivity index (χ1) is 15.3. The van der Waals surface area contributed by atoms with E-state index < -0.39 is 17.6 Å². The molecule has 3 aliphatic rings. The number of carbonyl (C=O) groups excluding carboxylic acids is 1. The Morgan fingerprint density at radius 1 is 0.969 bits per heavy atom. The van der Waals surface area contributed by atoms with Crippen molar-refractivity contribution >= 4 is 5.97 Å². The fraction of sp³-hybridized carbons (Fsp3) is 0.667. The third-order valence-electron chi connectivity index (χ3n) is 7.69. The van der Waals surface area contributed by atoms with Crippen molar-refractivity contribution in [2.45, 2.75) is 96.3 Å². The minimum absolute atomic E-state index is 0.0718. The van der Waals surface area contributed by atoms with Gasteiger partial charge in [-0.2, -0.15) is 0 Å². The van der Waals surface area contributed by atoms with Gasteiger partial charge in [0.2, 0.25) is 0 Å². The number of hydrogen-bond donors (Lipinski definition) is 0. The second-order valence-electron chi connectivity index (χ2n) is 9.98. The van der Waals surface area contributed by atoms with Crippen LogP contribution in [0.5, 0.6) is 5.75 Å². The molecule has 1 aromatic carbocycles. The van der Waals surface area contributed by atoms with Crippen LogP contribution in [0, 0.1) is 17.0 Å². The summed E-state index contributed by atoms with van der Waals surface area (Å²) in [6.45, 7) is 7.51. The Labute approximate surface area is 191 Å². The lowest BCUT2D eigenvalue weighted by molar-refractivity contribution is -0.139. The highest BCUT2D eigenvalue weighted by atomic mass is 19.1. The van der Waals surface area contributed by atoms with Crippen molar-refractivity contribution in [3.05, 3.63) is 41.5 Å². The first-order valence-corrected chi connectivity index (χ1v) is 12.3. The van der Waals surface area contributed by atoms with E-state index in [9.17, 15) is 13.6 Å². The molecule has 3 aliphatic carbocycles. The summed E-state index contributed by atoms with van der Waals surface area (Å²) in [5.74, 6) is -2.10. The molecular weight excluding hydrogens is 410 g/mol. The van der Waals surface area contributed by atoms with Gasteiger partial charge in [-0.1, -0.05) is 39.2 Å². The smallest absolute Gasteiger partial charge is 0.333 e. The molecule has 0 spiro atoms. The quantitative estimate of drug-likeness (QED) is 0.190. The van der Waals surface area contributed by atoms with Gasteiger partial charge in [0.05, 0.1) is 13.2 Å². The van der Waals surface area contributed by atoms with Crippen LogP contribution >= 0.6 is 0 Å². The SMILES string of the molecule is C=C(C)C(=O)OCCCOc1c(F)cc(C23CCC(CCCCCC)(CC2)CC3)cc1F. The molecule has 5 heteroatoms. The van der Waals surface area contributed by atoms with Crippen LogP contribution in [0.4, 0.5) is 8.78 Å². The Bertz CT molecular complexity index is 770. The van der Waals surface area contributed by atoms with E-state index in [2.05, 4.69) is 13.5 Å². The van der Waals surface area contributed by atoms with Gasteiger partial charge in [0.15, 0.2) is 17.4 Å². The molecular formula is C27H38F2O3. The van der Waals surface area contributed by atoms with Crippen molar-refractivity contribution < 1.29 is 23.0 Å². The number of halogens is 2. The minimum atomic E-state index is -0.643. The van der Waals surface area contributed by atoms with Crippen LogP contribution in [0.15, 0.2) is 24.3 Å². The van der Waals surface area contributed by atoms with Gasteiger partial charge < -0.3 is 9.47 Å². The largest absolute Gasteiger partial charge is 0.487 e. The highest BCUT2D eigenvalue weighted by Gasteiger charge is 2.49. The third-order valence-corrected chi connectivity index (χ3v) is 7.69. The lowest BCUT2D eigenvalue weighted by Crippen LogP contribution is -2.44. The zero-order valence-electron chi connectivity index (χ0n) is 19.7. The van der Waals surface area contributed by atoms with Gasteiger partial charge in [0.25, 0.3) is 0 Å². The zero-order valence-corrected chi connectivity index (χ0v) is 19.7. The maximum atomic E-state index is 14.8. The van der Waals surface area contributed by atoms with Gasteiger partial charge in [-0.15, -0.1) is 0 Å². The normalized spacial score (nSPS) is 24.4. The van der Waals surface area contributed by atoms with E-state index in [0.29, 0.717) is 17.4 Å². The predicted octanol–water partition coefficient (Wildman–Crippen LogP) is 7.42. The summed E-state index contributed by atoms with van der Waals surface area (Å²) in [4.78, 5) is 11.3. The molecule has 4 rings (SSSR count). The number of fused-ring (bicyclic) bond motifs is 3. The van der Waals surface area contributed by atoms with Crippen LogP contribution in [0.2, 0.25) is 0 Å². The second-order valence-corrected chi connectivity index (χ2v) is 9.98. The van der Waals surface area contributed by atoms with Crippen molar-refractivity contribution in [3.63, 3.8) is 0 Å². The molecule has 1 aromatic rings. The van der Waals surface area contributed by atoms with Crippen LogP contribution in [0.3, 0.4) is 0 Å². The van der Waals surface area contributed by atoms with Crippen molar-refractivity contribution in [3.8, 4) is 5.75 Å². The Morgan fingerprint density at radius 3 is 2.16 bits per heavy atom. The Morgan fingerprint density at radius 2 is 1.59 bits per heavy atom. The number of esters is 1. The van der Waals surface area contributed by atoms with Crippen LogP contribution in [0.1, 0.15) is 96.5 Å². The second kappa shape index (κ2) is 10.8. The lowest BCUT2D eigenvalue weighted by Gasteiger charge is -2.54. The molecule has 0 radical (unpaired) electrons. The molecule has 0 unspecified atom stereocenters. The third kappa shape index (κ3) is 5.71. The van der Waals surface area contributed by atoms with Crippen molar-refractivity contribution in [2.24, 2.45) is 5.41 Å². The number of benzene rings is 1. The van der Waals surface area contributed by atoms with Crippen LogP contribution in [-0.2, 0) is 14.9 Å². The molecule has 0 aromatic heterocycles. The van der Waals surface area contributed by atoms with Gasteiger partial charge >= 0.3 is 5.97 Å². The molecule has 3 nitrogen and oxygen atoms in total. The number of hydrogen-bond acceptors (Lipinski definition) is 3. The van der Waals surface area contributed by atoms with E-state index in [4.69, 9.17) is 9.47 Å². The summed E-state index contributed by atoms with van der Waals surface area (Å²) >= 11 is 0. The maximum Gasteiger partial charge on any atom is 0.333 e. The van der Waals surface area contributed by atoms with Crippen molar-refractivity contribution in [1.82, 2.24) is 0 Å². The first kappa shape index (κ1) is 24.7. The lowest BCUT2D eigenvalue weighted by atomic mass is 9.51. The summed E-state index contributed by atoms with van der Waals surface area (Å²) < 4.78 is 39.9. The number of carbonyl (C=O) groups is 1. The summed E-state index contributed by atoms with van der Waals surface area (Å²) in [7, 11) is 0.